The molecule has 24 heavy (non-hydrogen) atoms. The highest BCUT2D eigenvalue weighted by Crippen LogP contribution is 2.20. The van der Waals surface area contributed by atoms with Gasteiger partial charge in [-0.3, -0.25) is 4.79 Å². The van der Waals surface area contributed by atoms with Crippen molar-refractivity contribution in [2.75, 3.05) is 6.61 Å². The van der Waals surface area contributed by atoms with Crippen LogP contribution in [0.3, 0.4) is 0 Å². The zero-order valence-electron chi connectivity index (χ0n) is 14.4. The lowest BCUT2D eigenvalue weighted by molar-refractivity contribution is -0.125. The Morgan fingerprint density at radius 2 is 2.33 bits per heavy atom. The number of imidazole rings is 1. The van der Waals surface area contributed by atoms with E-state index >= 15 is 0 Å². The Balaban J connectivity index is 1.55. The van der Waals surface area contributed by atoms with Crippen LogP contribution in [0.25, 0.3) is 0 Å². The number of nitrogens with one attached hydrogen (secondary N) is 1. The molecule has 0 spiro atoms. The Morgan fingerprint density at radius 3 is 3.12 bits per heavy atom. The van der Waals surface area contributed by atoms with Gasteiger partial charge in [0, 0.05) is 37.8 Å². The Bertz CT molecular complexity index is 708. The van der Waals surface area contributed by atoms with Crippen molar-refractivity contribution in [3.8, 4) is 5.75 Å². The van der Waals surface area contributed by atoms with Gasteiger partial charge in [0.25, 0.3) is 0 Å². The Kier molecular flexibility index (Phi) is 5.18. The number of nitrogens with zero attached hydrogens (tertiary/aromatic N) is 2. The van der Waals surface area contributed by atoms with Crippen LogP contribution in [0.1, 0.15) is 36.7 Å². The molecule has 1 amide bonds. The van der Waals surface area contributed by atoms with Crippen molar-refractivity contribution in [3.05, 3.63) is 47.5 Å². The number of amides is 1. The minimum absolute atomic E-state index is 0.0207. The fourth-order valence-electron chi connectivity index (χ4n) is 3.08. The molecule has 0 aliphatic carbocycles. The molecule has 1 aromatic heterocycles. The molecule has 3 rings (SSSR count). The number of carbonyl (C=O) groups is 1. The van der Waals surface area contributed by atoms with Crippen LogP contribution in [0, 0.1) is 12.8 Å². The number of aromatic nitrogens is 2. The molecule has 0 saturated heterocycles. The molecule has 1 atom stereocenters. The van der Waals surface area contributed by atoms with E-state index in [4.69, 9.17) is 4.74 Å². The third kappa shape index (κ3) is 3.78. The first-order valence-corrected chi connectivity index (χ1v) is 8.67. The van der Waals surface area contributed by atoms with Gasteiger partial charge in [-0.15, -0.1) is 0 Å². The molecule has 0 saturated carbocycles. The SMILES string of the molecule is CCCOc1ccc(CNC(=O)[C@@H]2CCn3ccnc3C2)c(C)c1. The number of fused-ring (bicyclic) bond motifs is 1. The predicted octanol–water partition coefficient (Wildman–Crippen LogP) is 2.86. The molecule has 2 aromatic rings. The number of carbonyl (C=O) groups excluding carboxylic acids is 1. The van der Waals surface area contributed by atoms with Gasteiger partial charge in [-0.25, -0.2) is 4.98 Å². The van der Waals surface area contributed by atoms with E-state index < -0.39 is 0 Å². The summed E-state index contributed by atoms with van der Waals surface area (Å²) in [5, 5.41) is 3.08. The highest BCUT2D eigenvalue weighted by Gasteiger charge is 2.25. The smallest absolute Gasteiger partial charge is 0.223 e. The summed E-state index contributed by atoms with van der Waals surface area (Å²) in [7, 11) is 0. The van der Waals surface area contributed by atoms with Crippen molar-refractivity contribution in [2.24, 2.45) is 5.92 Å². The lowest BCUT2D eigenvalue weighted by atomic mass is 9.96. The van der Waals surface area contributed by atoms with E-state index in [9.17, 15) is 4.79 Å². The molecule has 0 radical (unpaired) electrons. The zero-order chi connectivity index (χ0) is 16.9. The first-order chi connectivity index (χ1) is 11.7. The molecule has 0 unspecified atom stereocenters. The molecule has 1 N–H and O–H groups in total. The van der Waals surface area contributed by atoms with Crippen molar-refractivity contribution in [2.45, 2.75) is 46.2 Å². The number of benzene rings is 1. The zero-order valence-corrected chi connectivity index (χ0v) is 14.4. The Hall–Kier alpha value is -2.30. The lowest BCUT2D eigenvalue weighted by Crippen LogP contribution is -2.35. The normalized spacial score (nSPS) is 16.5. The summed E-state index contributed by atoms with van der Waals surface area (Å²) in [5.74, 6) is 2.04. The Morgan fingerprint density at radius 1 is 1.46 bits per heavy atom. The summed E-state index contributed by atoms with van der Waals surface area (Å²) in [5.41, 5.74) is 2.27. The molecule has 5 nitrogen and oxygen atoms in total. The van der Waals surface area contributed by atoms with Gasteiger partial charge in [0.15, 0.2) is 0 Å². The van der Waals surface area contributed by atoms with E-state index in [0.717, 1.165) is 55.1 Å². The number of aryl methyl sites for hydroxylation is 2. The molecule has 5 heteroatoms. The summed E-state index contributed by atoms with van der Waals surface area (Å²) in [6.45, 7) is 6.30. The molecule has 0 fully saturated rings. The summed E-state index contributed by atoms with van der Waals surface area (Å²) in [6, 6.07) is 6.05. The third-order valence-corrected chi connectivity index (χ3v) is 4.56. The van der Waals surface area contributed by atoms with E-state index in [1.54, 1.807) is 6.20 Å². The number of hydrogen-bond donors (Lipinski definition) is 1. The van der Waals surface area contributed by atoms with Gasteiger partial charge >= 0.3 is 0 Å². The van der Waals surface area contributed by atoms with Crippen LogP contribution in [-0.4, -0.2) is 22.1 Å². The van der Waals surface area contributed by atoms with Crippen molar-refractivity contribution >= 4 is 5.91 Å². The van der Waals surface area contributed by atoms with E-state index in [1.165, 1.54) is 0 Å². The van der Waals surface area contributed by atoms with E-state index in [2.05, 4.69) is 28.7 Å². The summed E-state index contributed by atoms with van der Waals surface area (Å²) in [6.07, 6.45) is 6.38. The van der Waals surface area contributed by atoms with E-state index in [1.807, 2.05) is 24.4 Å². The van der Waals surface area contributed by atoms with Crippen molar-refractivity contribution in [1.29, 1.82) is 0 Å². The summed E-state index contributed by atoms with van der Waals surface area (Å²) >= 11 is 0. The molecule has 1 aliphatic rings. The fourth-order valence-corrected chi connectivity index (χ4v) is 3.08. The maximum absolute atomic E-state index is 12.4. The quantitative estimate of drug-likeness (QED) is 0.887. The molecule has 128 valence electrons. The van der Waals surface area contributed by atoms with Crippen LogP contribution in [0.2, 0.25) is 0 Å². The minimum atomic E-state index is 0.0207. The van der Waals surface area contributed by atoms with Crippen LogP contribution in [-0.2, 0) is 24.3 Å². The molecule has 2 heterocycles. The van der Waals surface area contributed by atoms with Crippen LogP contribution >= 0.6 is 0 Å². The second kappa shape index (κ2) is 7.51. The second-order valence-electron chi connectivity index (χ2n) is 6.38. The number of ether oxygens (including phenoxy) is 1. The predicted molar refractivity (Wildman–Crippen MR) is 92.8 cm³/mol. The average molecular weight is 327 g/mol. The molecular formula is C19H25N3O2. The van der Waals surface area contributed by atoms with Gasteiger partial charge < -0.3 is 14.6 Å². The monoisotopic (exact) mass is 327 g/mol. The highest BCUT2D eigenvalue weighted by atomic mass is 16.5. The van der Waals surface area contributed by atoms with E-state index in [-0.39, 0.29) is 11.8 Å². The number of hydrogen-bond acceptors (Lipinski definition) is 3. The molecule has 1 aliphatic heterocycles. The molecule has 1 aromatic carbocycles. The van der Waals surface area contributed by atoms with Crippen molar-refractivity contribution in [3.63, 3.8) is 0 Å². The topological polar surface area (TPSA) is 56.1 Å². The first-order valence-electron chi connectivity index (χ1n) is 8.67. The van der Waals surface area contributed by atoms with Gasteiger partial charge in [-0.05, 0) is 43.0 Å². The number of rotatable bonds is 6. The van der Waals surface area contributed by atoms with Gasteiger partial charge in [0.05, 0.1) is 6.61 Å². The summed E-state index contributed by atoms with van der Waals surface area (Å²) in [4.78, 5) is 16.8. The molecular weight excluding hydrogens is 302 g/mol. The fraction of sp³-hybridized carbons (Fsp3) is 0.474. The minimum Gasteiger partial charge on any atom is -0.494 e. The lowest BCUT2D eigenvalue weighted by Gasteiger charge is -2.22. The largest absolute Gasteiger partial charge is 0.494 e. The first kappa shape index (κ1) is 16.6. The van der Waals surface area contributed by atoms with Gasteiger partial charge in [0.1, 0.15) is 11.6 Å². The van der Waals surface area contributed by atoms with Crippen LogP contribution in [0.5, 0.6) is 5.75 Å². The summed E-state index contributed by atoms with van der Waals surface area (Å²) < 4.78 is 7.77. The highest BCUT2D eigenvalue weighted by molar-refractivity contribution is 5.79. The third-order valence-electron chi connectivity index (χ3n) is 4.56. The van der Waals surface area contributed by atoms with Crippen LogP contribution < -0.4 is 10.1 Å². The second-order valence-corrected chi connectivity index (χ2v) is 6.38. The average Bonchev–Trinajstić information content (AvgIpc) is 3.06. The molecule has 0 bridgehead atoms. The van der Waals surface area contributed by atoms with Crippen molar-refractivity contribution < 1.29 is 9.53 Å². The van der Waals surface area contributed by atoms with Gasteiger partial charge in [-0.1, -0.05) is 13.0 Å². The maximum Gasteiger partial charge on any atom is 0.223 e. The van der Waals surface area contributed by atoms with Crippen LogP contribution in [0.15, 0.2) is 30.6 Å². The maximum atomic E-state index is 12.4. The van der Waals surface area contributed by atoms with Crippen molar-refractivity contribution in [1.82, 2.24) is 14.9 Å². The van der Waals surface area contributed by atoms with Gasteiger partial charge in [-0.2, -0.15) is 0 Å². The van der Waals surface area contributed by atoms with Crippen LogP contribution in [0.4, 0.5) is 0 Å². The van der Waals surface area contributed by atoms with Gasteiger partial charge in [0.2, 0.25) is 5.91 Å². The standard InChI is InChI=1S/C19H25N3O2/c1-3-10-24-17-5-4-16(14(2)11-17)13-21-19(23)15-6-8-22-9-7-20-18(22)12-15/h4-5,7,9,11,15H,3,6,8,10,12-13H2,1-2H3,(H,21,23)/t15-/m1/s1. The van der Waals surface area contributed by atoms with E-state index in [0.29, 0.717) is 6.54 Å². The Labute approximate surface area is 143 Å².